The van der Waals surface area contributed by atoms with Gasteiger partial charge in [0.2, 0.25) is 15.9 Å². The van der Waals surface area contributed by atoms with Gasteiger partial charge in [-0.1, -0.05) is 0 Å². The molecule has 1 aliphatic heterocycles. The van der Waals surface area contributed by atoms with Crippen LogP contribution in [0.5, 0.6) is 0 Å². The largest absolute Gasteiger partial charge is 0.383 e. The number of carbonyl (C=O) groups is 1. The van der Waals surface area contributed by atoms with Gasteiger partial charge in [0.15, 0.2) is 0 Å². The Kier molecular flexibility index (Phi) is 4.07. The van der Waals surface area contributed by atoms with Crippen LogP contribution in [-0.2, 0) is 14.8 Å². The third kappa shape index (κ3) is 3.43. The van der Waals surface area contributed by atoms with Crippen LogP contribution in [0.25, 0.3) is 0 Å². The lowest BCUT2D eigenvalue weighted by molar-refractivity contribution is -0.122. The molecule has 1 amide bonds. The monoisotopic (exact) mass is 348 g/mol. The fourth-order valence-electron chi connectivity index (χ4n) is 1.76. The standard InChI is InChI=1S/C10H13BrN4O3S/c11-6-3-8(10(12)14-4-6)19(17,18)15-7-1-2-9(16)13-5-7/h3-4,7,15H,1-2,5H2,(H2,12,14)(H,13,16). The maximum absolute atomic E-state index is 12.2. The van der Waals surface area contributed by atoms with Gasteiger partial charge >= 0.3 is 0 Å². The van der Waals surface area contributed by atoms with Gasteiger partial charge in [-0.3, -0.25) is 4.79 Å². The SMILES string of the molecule is Nc1ncc(Br)cc1S(=O)(=O)NC1CCC(=O)NC1. The van der Waals surface area contributed by atoms with Crippen LogP contribution in [0.15, 0.2) is 21.6 Å². The molecule has 19 heavy (non-hydrogen) atoms. The number of halogens is 1. The zero-order valence-corrected chi connectivity index (χ0v) is 12.3. The van der Waals surface area contributed by atoms with E-state index in [1.165, 1.54) is 12.3 Å². The lowest BCUT2D eigenvalue weighted by Gasteiger charge is -2.23. The maximum Gasteiger partial charge on any atom is 0.244 e. The van der Waals surface area contributed by atoms with Crippen molar-refractivity contribution in [1.29, 1.82) is 0 Å². The van der Waals surface area contributed by atoms with Gasteiger partial charge in [-0.15, -0.1) is 0 Å². The molecule has 104 valence electrons. The number of hydrogen-bond donors (Lipinski definition) is 3. The van der Waals surface area contributed by atoms with Crippen molar-refractivity contribution in [2.45, 2.75) is 23.8 Å². The van der Waals surface area contributed by atoms with E-state index in [1.54, 1.807) is 0 Å². The van der Waals surface area contributed by atoms with Gasteiger partial charge in [-0.05, 0) is 28.4 Å². The summed E-state index contributed by atoms with van der Waals surface area (Å²) < 4.78 is 27.4. The van der Waals surface area contributed by atoms with E-state index >= 15 is 0 Å². The number of nitrogens with two attached hydrogens (primary N) is 1. The number of nitrogen functional groups attached to an aromatic ring is 1. The zero-order valence-electron chi connectivity index (χ0n) is 9.89. The minimum absolute atomic E-state index is 0.0597. The molecule has 7 nitrogen and oxygen atoms in total. The van der Waals surface area contributed by atoms with E-state index in [9.17, 15) is 13.2 Å². The van der Waals surface area contributed by atoms with Crippen LogP contribution in [0, 0.1) is 0 Å². The first kappa shape index (κ1) is 14.2. The first-order valence-corrected chi connectivity index (χ1v) is 7.86. The second-order valence-corrected chi connectivity index (χ2v) is 6.80. The molecule has 0 radical (unpaired) electrons. The fourth-order valence-corrected chi connectivity index (χ4v) is 3.62. The van der Waals surface area contributed by atoms with Crippen molar-refractivity contribution < 1.29 is 13.2 Å². The Morgan fingerprint density at radius 2 is 2.26 bits per heavy atom. The molecule has 0 saturated carbocycles. The number of carbonyl (C=O) groups excluding carboxylic acids is 1. The summed E-state index contributed by atoms with van der Waals surface area (Å²) in [4.78, 5) is 14.7. The quantitative estimate of drug-likeness (QED) is 0.710. The molecule has 2 heterocycles. The Bertz CT molecular complexity index is 595. The van der Waals surface area contributed by atoms with E-state index in [1.807, 2.05) is 0 Å². The highest BCUT2D eigenvalue weighted by molar-refractivity contribution is 9.10. The maximum atomic E-state index is 12.2. The molecule has 0 spiro atoms. The van der Waals surface area contributed by atoms with E-state index in [4.69, 9.17) is 5.73 Å². The van der Waals surface area contributed by atoms with E-state index in [-0.39, 0.29) is 29.2 Å². The van der Waals surface area contributed by atoms with Crippen LogP contribution >= 0.6 is 15.9 Å². The summed E-state index contributed by atoms with van der Waals surface area (Å²) in [5.74, 6) is -0.130. The summed E-state index contributed by atoms with van der Waals surface area (Å²) in [6.07, 6.45) is 2.20. The minimum atomic E-state index is -3.75. The van der Waals surface area contributed by atoms with Crippen molar-refractivity contribution in [3.05, 3.63) is 16.7 Å². The van der Waals surface area contributed by atoms with Gasteiger partial charge in [-0.25, -0.2) is 18.1 Å². The lowest BCUT2D eigenvalue weighted by atomic mass is 10.1. The second-order valence-electron chi connectivity index (χ2n) is 4.20. The molecule has 1 fully saturated rings. The summed E-state index contributed by atoms with van der Waals surface area (Å²) >= 11 is 3.15. The van der Waals surface area contributed by atoms with Gasteiger partial charge in [-0.2, -0.15) is 0 Å². The molecule has 1 aliphatic rings. The molecule has 1 aromatic heterocycles. The number of nitrogens with one attached hydrogen (secondary N) is 2. The summed E-state index contributed by atoms with van der Waals surface area (Å²) in [5.41, 5.74) is 5.58. The molecule has 0 aromatic carbocycles. The van der Waals surface area contributed by atoms with Crippen molar-refractivity contribution in [3.8, 4) is 0 Å². The van der Waals surface area contributed by atoms with Crippen molar-refractivity contribution in [3.63, 3.8) is 0 Å². The molecule has 0 bridgehead atoms. The number of nitrogens with zero attached hydrogens (tertiary/aromatic N) is 1. The molecular weight excluding hydrogens is 336 g/mol. The summed E-state index contributed by atoms with van der Waals surface area (Å²) in [7, 11) is -3.75. The van der Waals surface area contributed by atoms with E-state index in [2.05, 4.69) is 31.0 Å². The topological polar surface area (TPSA) is 114 Å². The number of aromatic nitrogens is 1. The highest BCUT2D eigenvalue weighted by Crippen LogP contribution is 2.21. The number of hydrogen-bond acceptors (Lipinski definition) is 5. The molecule has 2 rings (SSSR count). The Hall–Kier alpha value is -1.19. The van der Waals surface area contributed by atoms with E-state index in [0.29, 0.717) is 17.3 Å². The minimum Gasteiger partial charge on any atom is -0.383 e. The highest BCUT2D eigenvalue weighted by atomic mass is 79.9. The number of piperidine rings is 1. The van der Waals surface area contributed by atoms with E-state index < -0.39 is 10.0 Å². The lowest BCUT2D eigenvalue weighted by Crippen LogP contribution is -2.47. The fraction of sp³-hybridized carbons (Fsp3) is 0.400. The first-order chi connectivity index (χ1) is 8.88. The highest BCUT2D eigenvalue weighted by Gasteiger charge is 2.26. The average molecular weight is 349 g/mol. The molecule has 1 aromatic rings. The smallest absolute Gasteiger partial charge is 0.244 e. The molecule has 1 saturated heterocycles. The number of pyridine rings is 1. The molecule has 1 unspecified atom stereocenters. The molecule has 9 heteroatoms. The van der Waals surface area contributed by atoms with Crippen LogP contribution in [0.3, 0.4) is 0 Å². The molecular formula is C10H13BrN4O3S. The normalized spacial score (nSPS) is 20.1. The van der Waals surface area contributed by atoms with Crippen molar-refractivity contribution in [2.24, 2.45) is 0 Å². The summed E-state index contributed by atoms with van der Waals surface area (Å²) in [5, 5.41) is 2.61. The van der Waals surface area contributed by atoms with Crippen molar-refractivity contribution >= 4 is 37.7 Å². The second kappa shape index (κ2) is 5.43. The number of amides is 1. The zero-order chi connectivity index (χ0) is 14.0. The van der Waals surface area contributed by atoms with Crippen LogP contribution in [0.2, 0.25) is 0 Å². The molecule has 4 N–H and O–H groups in total. The number of rotatable bonds is 3. The third-order valence-electron chi connectivity index (χ3n) is 2.73. The van der Waals surface area contributed by atoms with Crippen LogP contribution in [0.1, 0.15) is 12.8 Å². The van der Waals surface area contributed by atoms with Gasteiger partial charge < -0.3 is 11.1 Å². The summed E-state index contributed by atoms with van der Waals surface area (Å²) in [6, 6.07) is 1.06. The van der Waals surface area contributed by atoms with Gasteiger partial charge in [0.25, 0.3) is 0 Å². The Morgan fingerprint density at radius 3 is 2.89 bits per heavy atom. The first-order valence-electron chi connectivity index (χ1n) is 5.58. The molecule has 1 atom stereocenters. The van der Waals surface area contributed by atoms with E-state index in [0.717, 1.165) is 0 Å². The van der Waals surface area contributed by atoms with Crippen LogP contribution in [0.4, 0.5) is 5.82 Å². The van der Waals surface area contributed by atoms with Gasteiger partial charge in [0.05, 0.1) is 0 Å². The molecule has 0 aliphatic carbocycles. The van der Waals surface area contributed by atoms with Gasteiger partial charge in [0, 0.05) is 29.7 Å². The average Bonchev–Trinajstić information content (AvgIpc) is 2.35. The van der Waals surface area contributed by atoms with Crippen molar-refractivity contribution in [2.75, 3.05) is 12.3 Å². The predicted molar refractivity (Wildman–Crippen MR) is 72.7 cm³/mol. The predicted octanol–water partition coefficient (Wildman–Crippen LogP) is -0.0168. The third-order valence-corrected chi connectivity index (χ3v) is 4.71. The number of sulfonamides is 1. The van der Waals surface area contributed by atoms with Crippen molar-refractivity contribution in [1.82, 2.24) is 15.0 Å². The summed E-state index contributed by atoms with van der Waals surface area (Å²) in [6.45, 7) is 0.277. The Balaban J connectivity index is 2.18. The van der Waals surface area contributed by atoms with Gasteiger partial charge in [0.1, 0.15) is 10.7 Å². The van der Waals surface area contributed by atoms with Crippen LogP contribution in [-0.4, -0.2) is 31.9 Å². The number of anilines is 1. The Labute approximate surface area is 119 Å². The van der Waals surface area contributed by atoms with Crippen LogP contribution < -0.4 is 15.8 Å². The Morgan fingerprint density at radius 1 is 1.53 bits per heavy atom.